The lowest BCUT2D eigenvalue weighted by molar-refractivity contribution is 0.251. The predicted molar refractivity (Wildman–Crippen MR) is 112 cm³/mol. The number of nitrogens with zero attached hydrogens (tertiary/aromatic N) is 2. The molecule has 0 unspecified atom stereocenters. The first-order valence-electron chi connectivity index (χ1n) is 8.99. The number of carbonyl (C=O) groups is 1. The second-order valence-electron chi connectivity index (χ2n) is 6.39. The summed E-state index contributed by atoms with van der Waals surface area (Å²) in [5.41, 5.74) is 2.95. The van der Waals surface area contributed by atoms with E-state index in [1.165, 1.54) is 0 Å². The normalized spacial score (nSPS) is 13.3. The van der Waals surface area contributed by atoms with Gasteiger partial charge in [-0.15, -0.1) is 0 Å². The Morgan fingerprint density at radius 3 is 2.56 bits per heavy atom. The highest BCUT2D eigenvalue weighted by atomic mass is 35.5. The summed E-state index contributed by atoms with van der Waals surface area (Å²) in [5, 5.41) is 9.79. The number of aliphatic imine (C=N–C) groups is 1. The Balaban J connectivity index is 1.39. The van der Waals surface area contributed by atoms with Crippen molar-refractivity contribution < 1.29 is 4.79 Å². The lowest BCUT2D eigenvalue weighted by atomic mass is 10.2. The van der Waals surface area contributed by atoms with E-state index >= 15 is 0 Å². The number of nitrogens with one attached hydrogen (secondary N) is 3. The van der Waals surface area contributed by atoms with E-state index < -0.39 is 0 Å². The van der Waals surface area contributed by atoms with Crippen molar-refractivity contribution in [2.45, 2.75) is 6.92 Å². The van der Waals surface area contributed by atoms with Crippen molar-refractivity contribution in [2.75, 3.05) is 43.4 Å². The van der Waals surface area contributed by atoms with Gasteiger partial charge in [-0.2, -0.15) is 0 Å². The van der Waals surface area contributed by atoms with Gasteiger partial charge in [0.05, 0.1) is 13.1 Å². The predicted octanol–water partition coefficient (Wildman–Crippen LogP) is 3.60. The fraction of sp³-hybridized carbons (Fsp3) is 0.300. The SMILES string of the molecule is Cc1ccc(NC(=O)NCCN2CCN=C2CNc2ccc(Cl)cc2)cc1. The van der Waals surface area contributed by atoms with Gasteiger partial charge < -0.3 is 20.9 Å². The van der Waals surface area contributed by atoms with E-state index in [4.69, 9.17) is 11.6 Å². The van der Waals surface area contributed by atoms with Gasteiger partial charge in [0.25, 0.3) is 0 Å². The Morgan fingerprint density at radius 2 is 1.81 bits per heavy atom. The first kappa shape index (κ1) is 19.0. The zero-order valence-corrected chi connectivity index (χ0v) is 16.1. The number of hydrogen-bond acceptors (Lipinski definition) is 4. The molecule has 6 nitrogen and oxygen atoms in total. The summed E-state index contributed by atoms with van der Waals surface area (Å²) in [7, 11) is 0. The summed E-state index contributed by atoms with van der Waals surface area (Å²) in [6, 6.07) is 15.1. The number of urea groups is 1. The molecule has 2 aromatic carbocycles. The molecule has 0 saturated heterocycles. The van der Waals surface area contributed by atoms with Gasteiger partial charge in [-0.1, -0.05) is 29.3 Å². The van der Waals surface area contributed by atoms with E-state index in [-0.39, 0.29) is 6.03 Å². The van der Waals surface area contributed by atoms with Crippen LogP contribution in [-0.2, 0) is 0 Å². The number of amides is 2. The Labute approximate surface area is 164 Å². The third kappa shape index (κ3) is 5.89. The monoisotopic (exact) mass is 385 g/mol. The zero-order valence-electron chi connectivity index (χ0n) is 15.3. The molecular weight excluding hydrogens is 362 g/mol. The van der Waals surface area contributed by atoms with Crippen molar-refractivity contribution >= 4 is 34.8 Å². The summed E-state index contributed by atoms with van der Waals surface area (Å²) in [6.07, 6.45) is 0. The quantitative estimate of drug-likeness (QED) is 0.682. The second-order valence-corrected chi connectivity index (χ2v) is 6.83. The lowest BCUT2D eigenvalue weighted by Gasteiger charge is -2.21. The average molecular weight is 386 g/mol. The summed E-state index contributed by atoms with van der Waals surface area (Å²) >= 11 is 5.90. The van der Waals surface area contributed by atoms with Gasteiger partial charge in [-0.05, 0) is 43.3 Å². The van der Waals surface area contributed by atoms with Crippen molar-refractivity contribution in [1.82, 2.24) is 10.2 Å². The fourth-order valence-corrected chi connectivity index (χ4v) is 2.93. The van der Waals surface area contributed by atoms with Crippen molar-refractivity contribution in [2.24, 2.45) is 4.99 Å². The Bertz CT molecular complexity index is 789. The third-order valence-electron chi connectivity index (χ3n) is 4.30. The highest BCUT2D eigenvalue weighted by molar-refractivity contribution is 6.30. The van der Waals surface area contributed by atoms with E-state index in [2.05, 4.69) is 25.8 Å². The molecule has 0 bridgehead atoms. The fourth-order valence-electron chi connectivity index (χ4n) is 2.80. The van der Waals surface area contributed by atoms with Crippen LogP contribution in [0.25, 0.3) is 0 Å². The van der Waals surface area contributed by atoms with Crippen molar-refractivity contribution in [3.05, 3.63) is 59.1 Å². The van der Waals surface area contributed by atoms with E-state index in [1.54, 1.807) is 0 Å². The van der Waals surface area contributed by atoms with Crippen molar-refractivity contribution in [3.8, 4) is 0 Å². The van der Waals surface area contributed by atoms with E-state index in [1.807, 2.05) is 55.5 Å². The maximum absolute atomic E-state index is 12.0. The van der Waals surface area contributed by atoms with Crippen LogP contribution in [0.4, 0.5) is 16.2 Å². The van der Waals surface area contributed by atoms with Crippen LogP contribution >= 0.6 is 11.6 Å². The Kier molecular flexibility index (Phi) is 6.54. The van der Waals surface area contributed by atoms with Gasteiger partial charge in [0.2, 0.25) is 0 Å². The average Bonchev–Trinajstić information content (AvgIpc) is 3.10. The van der Waals surface area contributed by atoms with Gasteiger partial charge in [0, 0.05) is 36.0 Å². The van der Waals surface area contributed by atoms with Crippen LogP contribution in [0.3, 0.4) is 0 Å². The van der Waals surface area contributed by atoms with Crippen LogP contribution < -0.4 is 16.0 Å². The number of amidine groups is 1. The van der Waals surface area contributed by atoms with Crippen LogP contribution in [0.1, 0.15) is 5.56 Å². The Morgan fingerprint density at radius 1 is 1.11 bits per heavy atom. The molecule has 27 heavy (non-hydrogen) atoms. The summed E-state index contributed by atoms with van der Waals surface area (Å²) in [4.78, 5) is 18.7. The molecule has 2 aromatic rings. The molecule has 0 aromatic heterocycles. The van der Waals surface area contributed by atoms with Crippen LogP contribution in [-0.4, -0.2) is 49.5 Å². The molecule has 2 amide bonds. The number of carbonyl (C=O) groups excluding carboxylic acids is 1. The highest BCUT2D eigenvalue weighted by Gasteiger charge is 2.16. The second kappa shape index (κ2) is 9.28. The smallest absolute Gasteiger partial charge is 0.319 e. The van der Waals surface area contributed by atoms with Gasteiger partial charge in [-0.25, -0.2) is 4.79 Å². The van der Waals surface area contributed by atoms with E-state index in [0.29, 0.717) is 13.1 Å². The molecule has 1 heterocycles. The molecule has 0 spiro atoms. The van der Waals surface area contributed by atoms with Crippen molar-refractivity contribution in [3.63, 3.8) is 0 Å². The van der Waals surface area contributed by atoms with Gasteiger partial charge >= 0.3 is 6.03 Å². The molecule has 0 saturated carbocycles. The Hall–Kier alpha value is -2.73. The number of halogens is 1. The third-order valence-corrected chi connectivity index (χ3v) is 4.55. The van der Waals surface area contributed by atoms with Crippen LogP contribution in [0, 0.1) is 6.92 Å². The zero-order chi connectivity index (χ0) is 19.1. The maximum atomic E-state index is 12.0. The molecule has 3 rings (SSSR count). The molecule has 0 radical (unpaired) electrons. The standard InChI is InChI=1S/C20H24ClN5O/c1-15-2-6-18(7-3-15)25-20(27)23-11-13-26-12-10-22-19(26)14-24-17-8-4-16(21)5-9-17/h2-9,24H,10-14H2,1H3,(H2,23,25,27). The molecule has 0 aliphatic carbocycles. The lowest BCUT2D eigenvalue weighted by Crippen LogP contribution is -2.40. The number of rotatable bonds is 7. The molecule has 0 atom stereocenters. The summed E-state index contributed by atoms with van der Waals surface area (Å²) in [6.45, 7) is 5.60. The molecule has 1 aliphatic heterocycles. The topological polar surface area (TPSA) is 68.8 Å². The minimum Gasteiger partial charge on any atom is -0.378 e. The van der Waals surface area contributed by atoms with Crippen LogP contribution in [0.15, 0.2) is 53.5 Å². The van der Waals surface area contributed by atoms with E-state index in [9.17, 15) is 4.79 Å². The largest absolute Gasteiger partial charge is 0.378 e. The maximum Gasteiger partial charge on any atom is 0.319 e. The van der Waals surface area contributed by atoms with Crippen LogP contribution in [0.2, 0.25) is 5.02 Å². The number of hydrogen-bond donors (Lipinski definition) is 3. The molecular formula is C20H24ClN5O. The molecule has 3 N–H and O–H groups in total. The first-order valence-corrected chi connectivity index (χ1v) is 9.37. The molecule has 7 heteroatoms. The number of benzene rings is 2. The van der Waals surface area contributed by atoms with Crippen LogP contribution in [0.5, 0.6) is 0 Å². The molecule has 0 fully saturated rings. The van der Waals surface area contributed by atoms with Gasteiger partial charge in [-0.3, -0.25) is 4.99 Å². The number of aryl methyl sites for hydroxylation is 1. The summed E-state index contributed by atoms with van der Waals surface area (Å²) in [5.74, 6) is 1.01. The van der Waals surface area contributed by atoms with Gasteiger partial charge in [0.1, 0.15) is 5.84 Å². The molecule has 1 aliphatic rings. The highest BCUT2D eigenvalue weighted by Crippen LogP contribution is 2.13. The minimum atomic E-state index is -0.198. The summed E-state index contributed by atoms with van der Waals surface area (Å²) < 4.78 is 0. The van der Waals surface area contributed by atoms with Gasteiger partial charge in [0.15, 0.2) is 0 Å². The van der Waals surface area contributed by atoms with E-state index in [0.717, 1.165) is 47.4 Å². The molecule has 142 valence electrons. The van der Waals surface area contributed by atoms with Crippen molar-refractivity contribution in [1.29, 1.82) is 0 Å². The first-order chi connectivity index (χ1) is 13.1. The number of anilines is 2. The minimum absolute atomic E-state index is 0.198.